The number of amides is 1. The Bertz CT molecular complexity index is 1040. The van der Waals surface area contributed by atoms with Crippen LogP contribution >= 0.6 is 11.3 Å². The topological polar surface area (TPSA) is 79.4 Å². The number of carbonyl (C=O) groups excluding carboxylic acids is 1. The molecule has 1 N–H and O–H groups in total. The third kappa shape index (κ3) is 4.41. The average Bonchev–Trinajstić information content (AvgIpc) is 3.16. The van der Waals surface area contributed by atoms with Crippen LogP contribution in [0.25, 0.3) is 11.3 Å². The first-order valence-corrected chi connectivity index (χ1v) is 10.5. The highest BCUT2D eigenvalue weighted by Crippen LogP contribution is 2.21. The highest BCUT2D eigenvalue weighted by Gasteiger charge is 2.18. The minimum Gasteiger partial charge on any atom is -0.346 e. The largest absolute Gasteiger partial charge is 0.346 e. The smallest absolute Gasteiger partial charge is 0.251 e. The van der Waals surface area contributed by atoms with Crippen LogP contribution in [0.5, 0.6) is 0 Å². The van der Waals surface area contributed by atoms with Gasteiger partial charge in [0.05, 0.1) is 17.1 Å². The van der Waals surface area contributed by atoms with Crippen LogP contribution in [0.3, 0.4) is 0 Å². The predicted molar refractivity (Wildman–Crippen MR) is 106 cm³/mol. The molecule has 0 fully saturated rings. The van der Waals surface area contributed by atoms with Crippen LogP contribution in [0.2, 0.25) is 0 Å². The second kappa shape index (κ2) is 7.99. The molecule has 0 aliphatic carbocycles. The maximum absolute atomic E-state index is 12.4. The molecule has 0 saturated heterocycles. The summed E-state index contributed by atoms with van der Waals surface area (Å²) in [5.41, 5.74) is 2.18. The molecule has 0 saturated carbocycles. The molecule has 1 heterocycles. The second-order valence-electron chi connectivity index (χ2n) is 5.99. The number of nitrogens with zero attached hydrogens (tertiary/aromatic N) is 2. The van der Waals surface area contributed by atoms with Crippen molar-refractivity contribution in [3.8, 4) is 11.3 Å². The van der Waals surface area contributed by atoms with Crippen LogP contribution in [0.1, 0.15) is 15.4 Å². The predicted octanol–water partition coefficient (Wildman–Crippen LogP) is 2.99. The summed E-state index contributed by atoms with van der Waals surface area (Å²) in [4.78, 5) is 17.0. The van der Waals surface area contributed by atoms with Gasteiger partial charge in [-0.1, -0.05) is 36.4 Å². The van der Waals surface area contributed by atoms with E-state index < -0.39 is 10.0 Å². The van der Waals surface area contributed by atoms with Crippen molar-refractivity contribution in [2.24, 2.45) is 0 Å². The molecule has 8 heteroatoms. The van der Waals surface area contributed by atoms with Gasteiger partial charge in [-0.15, -0.1) is 11.3 Å². The van der Waals surface area contributed by atoms with Crippen molar-refractivity contribution in [1.82, 2.24) is 14.6 Å². The van der Waals surface area contributed by atoms with Crippen molar-refractivity contribution in [1.29, 1.82) is 0 Å². The van der Waals surface area contributed by atoms with E-state index in [4.69, 9.17) is 0 Å². The number of carbonyl (C=O) groups is 1. The SMILES string of the molecule is CN(C)S(=O)(=O)c1cccc(C(=O)NCc2nc(-c3ccccc3)cs2)c1. The summed E-state index contributed by atoms with van der Waals surface area (Å²) in [5, 5.41) is 5.51. The molecule has 1 amide bonds. The van der Waals surface area contributed by atoms with Crippen LogP contribution in [0.4, 0.5) is 0 Å². The van der Waals surface area contributed by atoms with E-state index in [1.807, 2.05) is 35.7 Å². The van der Waals surface area contributed by atoms with E-state index in [1.165, 1.54) is 37.6 Å². The van der Waals surface area contributed by atoms with Gasteiger partial charge in [0.1, 0.15) is 5.01 Å². The quantitative estimate of drug-likeness (QED) is 0.689. The van der Waals surface area contributed by atoms with E-state index in [2.05, 4.69) is 10.3 Å². The van der Waals surface area contributed by atoms with Crippen molar-refractivity contribution < 1.29 is 13.2 Å². The van der Waals surface area contributed by atoms with E-state index in [0.717, 1.165) is 20.6 Å². The Hall–Kier alpha value is -2.55. The zero-order valence-corrected chi connectivity index (χ0v) is 16.5. The van der Waals surface area contributed by atoms with E-state index in [9.17, 15) is 13.2 Å². The summed E-state index contributed by atoms with van der Waals surface area (Å²) in [5.74, 6) is -0.345. The molecule has 0 aliphatic rings. The molecule has 0 bridgehead atoms. The Morgan fingerprint density at radius 3 is 2.56 bits per heavy atom. The minimum atomic E-state index is -3.58. The van der Waals surface area contributed by atoms with Crippen LogP contribution in [-0.2, 0) is 16.6 Å². The lowest BCUT2D eigenvalue weighted by Crippen LogP contribution is -2.25. The van der Waals surface area contributed by atoms with Crippen LogP contribution in [-0.4, -0.2) is 37.7 Å². The Kier molecular flexibility index (Phi) is 5.69. The summed E-state index contributed by atoms with van der Waals surface area (Å²) in [6.07, 6.45) is 0. The number of rotatable bonds is 6. The zero-order chi connectivity index (χ0) is 19.4. The van der Waals surface area contributed by atoms with Gasteiger partial charge in [0.15, 0.2) is 0 Å². The van der Waals surface area contributed by atoms with Gasteiger partial charge >= 0.3 is 0 Å². The molecule has 0 unspecified atom stereocenters. The first kappa shape index (κ1) is 19.2. The number of sulfonamides is 1. The maximum Gasteiger partial charge on any atom is 0.251 e. The van der Waals surface area contributed by atoms with Gasteiger partial charge in [0.2, 0.25) is 10.0 Å². The van der Waals surface area contributed by atoms with Crippen molar-refractivity contribution in [3.05, 3.63) is 70.5 Å². The molecular weight excluding hydrogens is 382 g/mol. The van der Waals surface area contributed by atoms with Gasteiger partial charge in [-0.25, -0.2) is 17.7 Å². The number of hydrogen-bond acceptors (Lipinski definition) is 5. The molecule has 0 spiro atoms. The van der Waals surface area contributed by atoms with Crippen LogP contribution in [0.15, 0.2) is 64.9 Å². The van der Waals surface area contributed by atoms with E-state index in [-0.39, 0.29) is 22.9 Å². The molecule has 140 valence electrons. The lowest BCUT2D eigenvalue weighted by Gasteiger charge is -2.12. The molecule has 2 aromatic carbocycles. The van der Waals surface area contributed by atoms with Crippen molar-refractivity contribution in [2.75, 3.05) is 14.1 Å². The summed E-state index contributed by atoms with van der Waals surface area (Å²) >= 11 is 1.46. The Balaban J connectivity index is 1.69. The minimum absolute atomic E-state index is 0.0840. The van der Waals surface area contributed by atoms with E-state index in [1.54, 1.807) is 12.1 Å². The first-order chi connectivity index (χ1) is 12.9. The Labute approximate surface area is 162 Å². The van der Waals surface area contributed by atoms with Crippen LogP contribution in [0, 0.1) is 0 Å². The van der Waals surface area contributed by atoms with Gasteiger partial charge in [-0.2, -0.15) is 0 Å². The van der Waals surface area contributed by atoms with Gasteiger partial charge in [-0.3, -0.25) is 4.79 Å². The van der Waals surface area contributed by atoms with Gasteiger partial charge in [0.25, 0.3) is 5.91 Å². The number of thiazole rings is 1. The van der Waals surface area contributed by atoms with Crippen molar-refractivity contribution in [3.63, 3.8) is 0 Å². The van der Waals surface area contributed by atoms with Gasteiger partial charge < -0.3 is 5.32 Å². The van der Waals surface area contributed by atoms with E-state index >= 15 is 0 Å². The third-order valence-electron chi connectivity index (χ3n) is 3.90. The zero-order valence-electron chi connectivity index (χ0n) is 14.9. The molecule has 3 aromatic rings. The summed E-state index contributed by atoms with van der Waals surface area (Å²) in [7, 11) is -0.678. The number of aromatic nitrogens is 1. The van der Waals surface area contributed by atoms with Crippen molar-refractivity contribution in [2.45, 2.75) is 11.4 Å². The average molecular weight is 402 g/mol. The maximum atomic E-state index is 12.4. The number of benzene rings is 2. The van der Waals surface area contributed by atoms with Crippen LogP contribution < -0.4 is 5.32 Å². The Morgan fingerprint density at radius 2 is 1.85 bits per heavy atom. The van der Waals surface area contributed by atoms with Gasteiger partial charge in [0, 0.05) is 30.6 Å². The fraction of sp³-hybridized carbons (Fsp3) is 0.158. The lowest BCUT2D eigenvalue weighted by molar-refractivity contribution is 0.0950. The molecule has 3 rings (SSSR count). The lowest BCUT2D eigenvalue weighted by atomic mass is 10.2. The normalized spacial score (nSPS) is 11.5. The highest BCUT2D eigenvalue weighted by atomic mass is 32.2. The number of nitrogens with one attached hydrogen (secondary N) is 1. The second-order valence-corrected chi connectivity index (χ2v) is 9.08. The van der Waals surface area contributed by atoms with Gasteiger partial charge in [-0.05, 0) is 18.2 Å². The molecule has 0 atom stereocenters. The van der Waals surface area contributed by atoms with E-state index in [0.29, 0.717) is 0 Å². The molecule has 0 aliphatic heterocycles. The van der Waals surface area contributed by atoms with Crippen molar-refractivity contribution >= 4 is 27.3 Å². The molecule has 1 aromatic heterocycles. The molecule has 27 heavy (non-hydrogen) atoms. The fourth-order valence-electron chi connectivity index (χ4n) is 2.40. The monoisotopic (exact) mass is 401 g/mol. The molecule has 0 radical (unpaired) electrons. The number of hydrogen-bond donors (Lipinski definition) is 1. The summed E-state index contributed by atoms with van der Waals surface area (Å²) < 4.78 is 25.5. The standard InChI is InChI=1S/C19H19N3O3S2/c1-22(2)27(24,25)16-10-6-9-15(11-16)19(23)20-12-18-21-17(13-26-18)14-7-4-3-5-8-14/h3-11,13H,12H2,1-2H3,(H,20,23). The fourth-order valence-corrected chi connectivity index (χ4v) is 4.09. The summed E-state index contributed by atoms with van der Waals surface area (Å²) in [6.45, 7) is 0.279. The molecule has 6 nitrogen and oxygen atoms in total. The third-order valence-corrected chi connectivity index (χ3v) is 6.56. The first-order valence-electron chi connectivity index (χ1n) is 8.18. The Morgan fingerprint density at radius 1 is 1.11 bits per heavy atom. The highest BCUT2D eigenvalue weighted by molar-refractivity contribution is 7.89. The molecular formula is C19H19N3O3S2. The summed E-state index contributed by atoms with van der Waals surface area (Å²) in [6, 6.07) is 15.8.